The third kappa shape index (κ3) is 54.5. The topological polar surface area (TPSA) is 216 Å². The molecular weight excluding hydrogens is 1000 g/mol. The maximum atomic E-state index is 11.8. The zero-order chi connectivity index (χ0) is 49.3. The van der Waals surface area contributed by atoms with Gasteiger partial charge in [0.2, 0.25) is 11.8 Å². The number of rotatable bonds is 30. The van der Waals surface area contributed by atoms with Crippen LogP contribution in [0.1, 0.15) is 107 Å². The summed E-state index contributed by atoms with van der Waals surface area (Å²) in [6.45, 7) is 17.4. The van der Waals surface area contributed by atoms with E-state index in [1.807, 2.05) is 68.4 Å². The Hall–Kier alpha value is -2.40. The second-order valence-electron chi connectivity index (χ2n) is 13.8. The van der Waals surface area contributed by atoms with Crippen molar-refractivity contribution >= 4 is 99.6 Å². The number of ether oxygens (including phenoxy) is 1. The molecule has 0 bridgehead atoms. The summed E-state index contributed by atoms with van der Waals surface area (Å²) in [6, 6.07) is 17.3. The Labute approximate surface area is 438 Å². The number of carboxylic acid groups (broad SMARTS) is 1. The number of nitrogens with one attached hydrogen (secondary N) is 2. The first-order valence-corrected chi connectivity index (χ1v) is 29.6. The molecule has 3 heterocycles. The molecule has 7 N–H and O–H groups in total. The number of carbonyl (C=O) groups is 4. The lowest BCUT2D eigenvalue weighted by Crippen LogP contribution is -2.26. The predicted octanol–water partition coefficient (Wildman–Crippen LogP) is 11.8. The van der Waals surface area contributed by atoms with Crippen molar-refractivity contribution in [3.63, 3.8) is 0 Å². The van der Waals surface area contributed by atoms with E-state index in [0.29, 0.717) is 44.2 Å². The number of hydrogen-bond acceptors (Lipinski definition) is 17. The van der Waals surface area contributed by atoms with Crippen LogP contribution >= 0.6 is 76.4 Å². The lowest BCUT2D eigenvalue weighted by molar-refractivity contribution is -0.136. The molecule has 0 aromatic carbocycles. The number of nitrogens with zero attached hydrogens (tertiary/aromatic N) is 4. The summed E-state index contributed by atoms with van der Waals surface area (Å²) in [4.78, 5) is 58.7. The molecule has 0 aliphatic heterocycles. The van der Waals surface area contributed by atoms with Crippen molar-refractivity contribution < 1.29 is 29.0 Å². The number of carboxylic acids is 1. The number of unbranched alkanes of at least 4 members (excludes halogenated alkanes) is 4. The highest BCUT2D eigenvalue weighted by Gasteiger charge is 2.05. The Kier molecular flexibility index (Phi) is 58.9. The van der Waals surface area contributed by atoms with Crippen LogP contribution < -0.4 is 22.1 Å². The first kappa shape index (κ1) is 72.1. The van der Waals surface area contributed by atoms with Gasteiger partial charge in [0.25, 0.3) is 0 Å². The van der Waals surface area contributed by atoms with Crippen LogP contribution in [0.3, 0.4) is 0 Å². The number of aromatic nitrogens is 3. The summed E-state index contributed by atoms with van der Waals surface area (Å²) in [5, 5.41) is 17.1. The highest BCUT2D eigenvalue weighted by Crippen LogP contribution is 2.30. The van der Waals surface area contributed by atoms with Crippen LogP contribution in [0.25, 0.3) is 0 Å². The second-order valence-corrected chi connectivity index (χ2v) is 21.4. The van der Waals surface area contributed by atoms with Crippen LogP contribution in [0.5, 0.6) is 0 Å². The Morgan fingerprint density at radius 3 is 1.26 bits per heavy atom. The summed E-state index contributed by atoms with van der Waals surface area (Å²) in [6.07, 6.45) is 12.7. The minimum absolute atomic E-state index is 0. The van der Waals surface area contributed by atoms with Crippen molar-refractivity contribution in [1.29, 1.82) is 0 Å². The standard InChI is InChI=1S/C21H28N4O2S4.C8H9NO2S2.C6H15N.C5H9ClO2.C5H14N2.2CH4/c26-18(10-16-28-30-20-8-2-6-14-24-20)22-12-4-1-5-13-23-19(27)11-17-29-31-21-9-3-7-15-25-21;10-8(11)4-6-12-13-7-3-1-2-5-9-7;1-4-7(5-2)6-3;1-4(2)3-8-5(6)7;6-4-2-1-3-5-7;;/h2-3,6-9,14-15H,1,4-5,10-13,16-17H2,(H,22,26)(H,23,27);1-3,5H,4,6H2,(H,10,11);4-6H2,1-3H3;4H,3H2,1-2H3;1-7H2;2*1H4. The van der Waals surface area contributed by atoms with E-state index in [2.05, 4.69) is 56.0 Å². The van der Waals surface area contributed by atoms with Gasteiger partial charge < -0.3 is 36.8 Å². The van der Waals surface area contributed by atoms with Gasteiger partial charge in [-0.05, 0) is 140 Å². The fourth-order valence-electron chi connectivity index (χ4n) is 4.32. The van der Waals surface area contributed by atoms with E-state index in [0.717, 1.165) is 71.8 Å². The third-order valence-corrected chi connectivity index (χ3v) is 14.8. The minimum Gasteiger partial charge on any atom is -0.481 e. The highest BCUT2D eigenvalue weighted by atomic mass is 35.5. The largest absolute Gasteiger partial charge is 0.481 e. The third-order valence-electron chi connectivity index (χ3n) is 7.85. The van der Waals surface area contributed by atoms with Gasteiger partial charge in [0.15, 0.2) is 0 Å². The molecule has 0 fully saturated rings. The van der Waals surface area contributed by atoms with E-state index in [4.69, 9.17) is 28.2 Å². The molecule has 2 amide bonds. The van der Waals surface area contributed by atoms with Gasteiger partial charge in [-0.1, -0.05) is 106 Å². The zero-order valence-electron chi connectivity index (χ0n) is 39.4. The van der Waals surface area contributed by atoms with Gasteiger partial charge in [-0.15, -0.1) is 0 Å². The SMILES string of the molecule is C.C.CC(C)COC(=O)Cl.CCN(CC)CC.NCCCCCN.O=C(CCSSc1ccccn1)NCCCCCNC(=O)CCSSc1ccccn1.O=C(O)CCSSc1ccccn1. The molecule has 0 saturated carbocycles. The van der Waals surface area contributed by atoms with Crippen LogP contribution in [-0.4, -0.2) is 118 Å². The summed E-state index contributed by atoms with van der Waals surface area (Å²) >= 11 is 4.86. The molecular formula is C47H83ClN8O6S6. The van der Waals surface area contributed by atoms with Crippen molar-refractivity contribution in [2.75, 3.05) is 69.7 Å². The molecule has 21 heteroatoms. The molecule has 3 aromatic rings. The number of carbonyl (C=O) groups excluding carboxylic acids is 3. The molecule has 0 radical (unpaired) electrons. The van der Waals surface area contributed by atoms with Gasteiger partial charge in [0.05, 0.1) is 13.0 Å². The first-order chi connectivity index (χ1) is 31.9. The molecule has 0 unspecified atom stereocenters. The van der Waals surface area contributed by atoms with Gasteiger partial charge in [-0.2, -0.15) is 0 Å². The Balaban J connectivity index is -0.000000453. The molecule has 0 aliphatic rings. The number of pyridine rings is 3. The van der Waals surface area contributed by atoms with Crippen molar-refractivity contribution in [1.82, 2.24) is 30.5 Å². The van der Waals surface area contributed by atoms with Gasteiger partial charge in [-0.25, -0.2) is 19.7 Å². The van der Waals surface area contributed by atoms with E-state index in [-0.39, 0.29) is 33.1 Å². The minimum atomic E-state index is -0.755. The monoisotopic (exact) mass is 1080 g/mol. The molecule has 0 aliphatic carbocycles. The molecule has 68 heavy (non-hydrogen) atoms. The van der Waals surface area contributed by atoms with Crippen LogP contribution in [-0.2, 0) is 19.1 Å². The number of nitrogens with two attached hydrogens (primary N) is 2. The second kappa shape index (κ2) is 55.5. The van der Waals surface area contributed by atoms with E-state index in [1.165, 1.54) is 47.6 Å². The summed E-state index contributed by atoms with van der Waals surface area (Å²) in [7, 11) is 9.48. The summed E-state index contributed by atoms with van der Waals surface area (Å²) < 4.78 is 4.43. The molecule has 0 spiro atoms. The van der Waals surface area contributed by atoms with Crippen LogP contribution in [0.15, 0.2) is 88.3 Å². The fourth-order valence-corrected chi connectivity index (χ4v) is 9.98. The average molecular weight is 1080 g/mol. The molecule has 390 valence electrons. The summed E-state index contributed by atoms with van der Waals surface area (Å²) in [5.74, 6) is 1.91. The molecule has 0 atom stereocenters. The van der Waals surface area contributed by atoms with Gasteiger partial charge >= 0.3 is 11.4 Å². The Bertz CT molecular complexity index is 1500. The Morgan fingerprint density at radius 2 is 1.00 bits per heavy atom. The maximum Gasteiger partial charge on any atom is 0.403 e. The lowest BCUT2D eigenvalue weighted by atomic mass is 10.2. The van der Waals surface area contributed by atoms with Gasteiger partial charge in [-0.3, -0.25) is 14.4 Å². The Morgan fingerprint density at radius 1 is 0.632 bits per heavy atom. The lowest BCUT2D eigenvalue weighted by Gasteiger charge is -2.13. The molecule has 0 saturated heterocycles. The van der Waals surface area contributed by atoms with Crippen molar-refractivity contribution in [3.8, 4) is 0 Å². The first-order valence-electron chi connectivity index (χ1n) is 22.2. The molecule has 14 nitrogen and oxygen atoms in total. The van der Waals surface area contributed by atoms with Crippen molar-refractivity contribution in [2.45, 2.75) is 122 Å². The van der Waals surface area contributed by atoms with Gasteiger partial charge in [0, 0.05) is 73.4 Å². The fraction of sp³-hybridized carbons (Fsp3) is 0.596. The molecule has 3 aromatic heterocycles. The van der Waals surface area contributed by atoms with Crippen molar-refractivity contribution in [2.24, 2.45) is 17.4 Å². The van der Waals surface area contributed by atoms with E-state index in [9.17, 15) is 19.2 Å². The quantitative estimate of drug-likeness (QED) is 0.0238. The van der Waals surface area contributed by atoms with E-state index in [1.54, 1.807) is 61.8 Å². The normalized spacial score (nSPS) is 9.85. The number of halogens is 1. The maximum absolute atomic E-state index is 11.8. The van der Waals surface area contributed by atoms with E-state index < -0.39 is 11.4 Å². The van der Waals surface area contributed by atoms with Crippen LogP contribution in [0, 0.1) is 5.92 Å². The van der Waals surface area contributed by atoms with Crippen LogP contribution in [0.4, 0.5) is 4.79 Å². The summed E-state index contributed by atoms with van der Waals surface area (Å²) in [5.41, 5.74) is 9.73. The molecule has 3 rings (SSSR count). The van der Waals surface area contributed by atoms with Gasteiger partial charge in [0.1, 0.15) is 15.1 Å². The van der Waals surface area contributed by atoms with Crippen molar-refractivity contribution in [3.05, 3.63) is 73.2 Å². The smallest absolute Gasteiger partial charge is 0.403 e. The average Bonchev–Trinajstić information content (AvgIpc) is 3.32. The zero-order valence-corrected chi connectivity index (χ0v) is 45.1. The highest BCUT2D eigenvalue weighted by molar-refractivity contribution is 8.77. The predicted molar refractivity (Wildman–Crippen MR) is 300 cm³/mol. The van der Waals surface area contributed by atoms with E-state index >= 15 is 0 Å². The van der Waals surface area contributed by atoms with Crippen LogP contribution in [0.2, 0.25) is 0 Å². The number of aliphatic carboxylic acids is 1. The number of amides is 2. The number of hydrogen-bond donors (Lipinski definition) is 5.